The van der Waals surface area contributed by atoms with E-state index in [1.807, 2.05) is 0 Å². The minimum Gasteiger partial charge on any atom is -0.366 e. The first kappa shape index (κ1) is 21.2. The van der Waals surface area contributed by atoms with Gasteiger partial charge < -0.3 is 15.6 Å². The van der Waals surface area contributed by atoms with Crippen molar-refractivity contribution >= 4 is 34.0 Å². The number of carbonyl (C=O) groups excluding carboxylic acids is 2. The number of nitro groups is 1. The van der Waals surface area contributed by atoms with Gasteiger partial charge in [0.05, 0.1) is 33.5 Å². The number of fused-ring (bicyclic) bond motifs is 1. The molecule has 0 atom stereocenters. The van der Waals surface area contributed by atoms with Gasteiger partial charge in [-0.3, -0.25) is 39.5 Å². The van der Waals surface area contributed by atoms with Crippen LogP contribution >= 0.6 is 0 Å². The summed E-state index contributed by atoms with van der Waals surface area (Å²) in [7, 11) is 0. The molecule has 2 aromatic heterocycles. The molecule has 166 valence electrons. The molecule has 0 bridgehead atoms. The van der Waals surface area contributed by atoms with Crippen LogP contribution in [-0.2, 0) is 4.79 Å². The topological polar surface area (TPSA) is 183 Å². The number of hydrogen-bond donors (Lipinski definition) is 5. The molecule has 0 aliphatic rings. The maximum atomic E-state index is 12.6. The van der Waals surface area contributed by atoms with E-state index in [0.29, 0.717) is 11.1 Å². The lowest BCUT2D eigenvalue weighted by molar-refractivity contribution is -0.384. The second-order valence-electron chi connectivity index (χ2n) is 6.95. The number of aromatic amines is 3. The molecule has 4 aromatic rings. The maximum absolute atomic E-state index is 12.6. The molecule has 0 fully saturated rings. The van der Waals surface area contributed by atoms with Gasteiger partial charge in [0.15, 0.2) is 0 Å². The summed E-state index contributed by atoms with van der Waals surface area (Å²) >= 11 is 0. The molecule has 0 saturated carbocycles. The Hall–Kier alpha value is -5.00. The van der Waals surface area contributed by atoms with Gasteiger partial charge in [0.1, 0.15) is 0 Å². The average molecular weight is 448 g/mol. The lowest BCUT2D eigenvalue weighted by atomic mass is 10.0. The van der Waals surface area contributed by atoms with Crippen molar-refractivity contribution in [2.24, 2.45) is 0 Å². The summed E-state index contributed by atoms with van der Waals surface area (Å²) in [5.41, 5.74) is 0.285. The Kier molecular flexibility index (Phi) is 5.55. The number of carbonyl (C=O) groups is 2. The number of hydrogen-bond acceptors (Lipinski definition) is 6. The molecule has 0 saturated heterocycles. The molecule has 12 heteroatoms. The third-order valence-electron chi connectivity index (χ3n) is 4.89. The van der Waals surface area contributed by atoms with Crippen molar-refractivity contribution in [1.29, 1.82) is 0 Å². The maximum Gasteiger partial charge on any atom is 0.272 e. The van der Waals surface area contributed by atoms with Crippen LogP contribution in [0.3, 0.4) is 0 Å². The molecule has 12 nitrogen and oxygen atoms in total. The van der Waals surface area contributed by atoms with Gasteiger partial charge in [0, 0.05) is 30.1 Å². The lowest BCUT2D eigenvalue weighted by Crippen LogP contribution is -2.33. The highest BCUT2D eigenvalue weighted by molar-refractivity contribution is 6.05. The van der Waals surface area contributed by atoms with Crippen molar-refractivity contribution < 1.29 is 14.5 Å². The largest absolute Gasteiger partial charge is 0.366 e. The summed E-state index contributed by atoms with van der Waals surface area (Å²) in [6.07, 6.45) is 3.01. The van der Waals surface area contributed by atoms with Gasteiger partial charge in [0.2, 0.25) is 5.91 Å². The second-order valence-corrected chi connectivity index (χ2v) is 6.95. The van der Waals surface area contributed by atoms with E-state index in [1.165, 1.54) is 48.7 Å². The summed E-state index contributed by atoms with van der Waals surface area (Å²) in [5.74, 6) is -1.16. The van der Waals surface area contributed by atoms with Crippen molar-refractivity contribution in [3.8, 4) is 11.1 Å². The Morgan fingerprint density at radius 3 is 2.42 bits per heavy atom. The van der Waals surface area contributed by atoms with E-state index in [1.54, 1.807) is 6.20 Å². The zero-order valence-electron chi connectivity index (χ0n) is 16.8. The van der Waals surface area contributed by atoms with Crippen LogP contribution in [0.2, 0.25) is 0 Å². The van der Waals surface area contributed by atoms with Crippen molar-refractivity contribution in [3.05, 3.63) is 91.2 Å². The Bertz CT molecular complexity index is 1500. The second kappa shape index (κ2) is 8.63. The van der Waals surface area contributed by atoms with Crippen molar-refractivity contribution in [2.45, 2.75) is 0 Å². The van der Waals surface area contributed by atoms with E-state index in [2.05, 4.69) is 25.8 Å². The van der Waals surface area contributed by atoms with Crippen LogP contribution in [0, 0.1) is 10.1 Å². The van der Waals surface area contributed by atoms with Crippen LogP contribution in [0.4, 0.5) is 11.4 Å². The third kappa shape index (κ3) is 4.25. The highest BCUT2D eigenvalue weighted by Crippen LogP contribution is 2.25. The first-order valence-electron chi connectivity index (χ1n) is 9.58. The van der Waals surface area contributed by atoms with E-state index in [-0.39, 0.29) is 27.7 Å². The van der Waals surface area contributed by atoms with Gasteiger partial charge in [0.25, 0.3) is 22.7 Å². The highest BCUT2D eigenvalue weighted by atomic mass is 16.6. The van der Waals surface area contributed by atoms with Gasteiger partial charge in [-0.2, -0.15) is 0 Å². The number of nitrogens with zero attached hydrogens (tertiary/aromatic N) is 1. The predicted octanol–water partition coefficient (Wildman–Crippen LogP) is 1.49. The average Bonchev–Trinajstić information content (AvgIpc) is 3.30. The van der Waals surface area contributed by atoms with E-state index >= 15 is 0 Å². The number of rotatable bonds is 6. The molecular weight excluding hydrogens is 432 g/mol. The molecule has 0 aliphatic carbocycles. The number of aromatic nitrogens is 3. The molecule has 0 aliphatic heterocycles. The van der Waals surface area contributed by atoms with Crippen LogP contribution < -0.4 is 21.8 Å². The molecule has 2 amide bonds. The molecule has 33 heavy (non-hydrogen) atoms. The zero-order chi connectivity index (χ0) is 23.5. The quantitative estimate of drug-likeness (QED) is 0.220. The fourth-order valence-electron chi connectivity index (χ4n) is 3.34. The Morgan fingerprint density at radius 1 is 0.970 bits per heavy atom. The number of amides is 2. The number of benzene rings is 2. The molecule has 0 radical (unpaired) electrons. The molecule has 0 spiro atoms. The summed E-state index contributed by atoms with van der Waals surface area (Å²) in [5, 5.41) is 20.4. The van der Waals surface area contributed by atoms with Crippen LogP contribution in [0.25, 0.3) is 21.9 Å². The molecule has 5 N–H and O–H groups in total. The van der Waals surface area contributed by atoms with E-state index < -0.39 is 34.4 Å². The van der Waals surface area contributed by atoms with Crippen molar-refractivity contribution in [2.75, 3.05) is 11.9 Å². The van der Waals surface area contributed by atoms with Crippen LogP contribution in [0.15, 0.2) is 64.4 Å². The van der Waals surface area contributed by atoms with Gasteiger partial charge in [-0.05, 0) is 29.8 Å². The number of anilines is 1. The Labute approximate surface area is 183 Å². The Balaban J connectivity index is 1.47. The zero-order valence-corrected chi connectivity index (χ0v) is 16.8. The monoisotopic (exact) mass is 448 g/mol. The smallest absolute Gasteiger partial charge is 0.272 e. The van der Waals surface area contributed by atoms with Crippen LogP contribution in [0.5, 0.6) is 0 Å². The molecule has 4 rings (SSSR count). The van der Waals surface area contributed by atoms with E-state index in [0.717, 1.165) is 0 Å². The standard InChI is InChI=1S/C21H16N6O6/c28-17(24-16-3-1-2-13-18(16)21(31)26-25-20(13)30)10-23-19(29)15-9-22-8-14(15)11-4-6-12(7-5-11)27(32)33/h1-9,22H,10H2,(H,23,29)(H,24,28)(H,25,30)(H,26,31). The molecular formula is C21H16N6O6. The summed E-state index contributed by atoms with van der Waals surface area (Å²) in [6.45, 7) is -0.402. The van der Waals surface area contributed by atoms with Crippen LogP contribution in [-0.4, -0.2) is 38.5 Å². The summed E-state index contributed by atoms with van der Waals surface area (Å²) in [6, 6.07) is 10.1. The van der Waals surface area contributed by atoms with Gasteiger partial charge in [-0.15, -0.1) is 0 Å². The molecule has 2 heterocycles. The molecule has 0 unspecified atom stereocenters. The fourth-order valence-corrected chi connectivity index (χ4v) is 3.34. The van der Waals surface area contributed by atoms with Crippen molar-refractivity contribution in [3.63, 3.8) is 0 Å². The number of H-pyrrole nitrogens is 3. The third-order valence-corrected chi connectivity index (χ3v) is 4.89. The molecule has 2 aromatic carbocycles. The number of nitro benzene ring substituents is 1. The predicted molar refractivity (Wildman–Crippen MR) is 119 cm³/mol. The number of non-ortho nitro benzene ring substituents is 1. The van der Waals surface area contributed by atoms with Gasteiger partial charge in [-0.1, -0.05) is 6.07 Å². The Morgan fingerprint density at radius 2 is 1.70 bits per heavy atom. The fraction of sp³-hybridized carbons (Fsp3) is 0.0476. The number of nitrogens with one attached hydrogen (secondary N) is 5. The lowest BCUT2D eigenvalue weighted by Gasteiger charge is -2.09. The first-order valence-corrected chi connectivity index (χ1v) is 9.58. The van der Waals surface area contributed by atoms with Gasteiger partial charge >= 0.3 is 0 Å². The normalized spacial score (nSPS) is 10.7. The summed E-state index contributed by atoms with van der Waals surface area (Å²) in [4.78, 5) is 62.1. The highest BCUT2D eigenvalue weighted by Gasteiger charge is 2.17. The first-order chi connectivity index (χ1) is 15.8. The minimum absolute atomic E-state index is 0.0204. The van der Waals surface area contributed by atoms with E-state index in [9.17, 15) is 29.3 Å². The summed E-state index contributed by atoms with van der Waals surface area (Å²) < 4.78 is 0. The minimum atomic E-state index is -0.608. The van der Waals surface area contributed by atoms with Crippen LogP contribution in [0.1, 0.15) is 10.4 Å². The van der Waals surface area contributed by atoms with Gasteiger partial charge in [-0.25, -0.2) is 0 Å². The SMILES string of the molecule is O=C(CNC(=O)c1c[nH]cc1-c1ccc([N+](=O)[O-])cc1)Nc1cccc2c(=O)[nH][nH]c(=O)c12. The van der Waals surface area contributed by atoms with Crippen molar-refractivity contribution in [1.82, 2.24) is 20.5 Å². The van der Waals surface area contributed by atoms with E-state index in [4.69, 9.17) is 0 Å².